The molecule has 0 heterocycles. The molecule has 21 heavy (non-hydrogen) atoms. The molecule has 1 aromatic rings. The van der Waals surface area contributed by atoms with Gasteiger partial charge in [-0.2, -0.15) is 0 Å². The number of ether oxygens (including phenoxy) is 1. The SMILES string of the molecule is COCCCNC(=O)c1cccc(NC(=O)C2CCC2)c1. The third kappa shape index (κ3) is 4.56. The summed E-state index contributed by atoms with van der Waals surface area (Å²) in [5, 5.41) is 5.70. The van der Waals surface area contributed by atoms with Gasteiger partial charge >= 0.3 is 0 Å². The van der Waals surface area contributed by atoms with E-state index in [0.29, 0.717) is 24.4 Å². The van der Waals surface area contributed by atoms with E-state index in [1.54, 1.807) is 31.4 Å². The van der Waals surface area contributed by atoms with Crippen LogP contribution in [0.4, 0.5) is 5.69 Å². The molecule has 1 fully saturated rings. The van der Waals surface area contributed by atoms with E-state index in [2.05, 4.69) is 10.6 Å². The Morgan fingerprint density at radius 3 is 2.81 bits per heavy atom. The van der Waals surface area contributed by atoms with Crippen LogP contribution >= 0.6 is 0 Å². The smallest absolute Gasteiger partial charge is 0.251 e. The monoisotopic (exact) mass is 290 g/mol. The topological polar surface area (TPSA) is 67.4 Å². The molecule has 114 valence electrons. The van der Waals surface area contributed by atoms with Crippen LogP contribution in [0.25, 0.3) is 0 Å². The van der Waals surface area contributed by atoms with Gasteiger partial charge in [0.1, 0.15) is 0 Å². The minimum atomic E-state index is -0.133. The van der Waals surface area contributed by atoms with E-state index in [0.717, 1.165) is 25.7 Å². The molecule has 5 heteroatoms. The molecule has 2 amide bonds. The van der Waals surface area contributed by atoms with Crippen molar-refractivity contribution in [3.63, 3.8) is 0 Å². The van der Waals surface area contributed by atoms with Gasteiger partial charge in [-0.3, -0.25) is 9.59 Å². The summed E-state index contributed by atoms with van der Waals surface area (Å²) >= 11 is 0. The van der Waals surface area contributed by atoms with Crippen LogP contribution in [0.15, 0.2) is 24.3 Å². The lowest BCUT2D eigenvalue weighted by Crippen LogP contribution is -2.28. The first-order valence-corrected chi connectivity index (χ1v) is 7.39. The number of hydrogen-bond donors (Lipinski definition) is 2. The summed E-state index contributed by atoms with van der Waals surface area (Å²) in [6.45, 7) is 1.20. The number of benzene rings is 1. The van der Waals surface area contributed by atoms with Gasteiger partial charge in [0.05, 0.1) is 0 Å². The molecule has 0 aromatic heterocycles. The van der Waals surface area contributed by atoms with Gasteiger partial charge < -0.3 is 15.4 Å². The number of rotatable bonds is 7. The Balaban J connectivity index is 1.87. The fourth-order valence-corrected chi connectivity index (χ4v) is 2.17. The van der Waals surface area contributed by atoms with E-state index in [1.165, 1.54) is 0 Å². The molecule has 0 saturated heterocycles. The summed E-state index contributed by atoms with van der Waals surface area (Å²) in [7, 11) is 1.64. The first-order chi connectivity index (χ1) is 10.2. The average molecular weight is 290 g/mol. The van der Waals surface area contributed by atoms with Crippen LogP contribution in [-0.2, 0) is 9.53 Å². The second kappa shape index (κ2) is 7.78. The van der Waals surface area contributed by atoms with Crippen molar-refractivity contribution in [3.05, 3.63) is 29.8 Å². The zero-order valence-corrected chi connectivity index (χ0v) is 12.4. The highest BCUT2D eigenvalue weighted by Gasteiger charge is 2.25. The van der Waals surface area contributed by atoms with Crippen LogP contribution < -0.4 is 10.6 Å². The lowest BCUT2D eigenvalue weighted by molar-refractivity contribution is -0.122. The van der Waals surface area contributed by atoms with Crippen LogP contribution in [0.5, 0.6) is 0 Å². The van der Waals surface area contributed by atoms with E-state index in [9.17, 15) is 9.59 Å². The Labute approximate surface area is 125 Å². The maximum Gasteiger partial charge on any atom is 0.251 e. The van der Waals surface area contributed by atoms with Crippen molar-refractivity contribution < 1.29 is 14.3 Å². The zero-order valence-electron chi connectivity index (χ0n) is 12.4. The molecule has 1 aliphatic rings. The molecule has 0 bridgehead atoms. The average Bonchev–Trinajstić information content (AvgIpc) is 2.41. The molecular formula is C16H22N2O3. The molecule has 1 saturated carbocycles. The van der Waals surface area contributed by atoms with Gasteiger partial charge in [-0.15, -0.1) is 0 Å². The molecule has 0 aliphatic heterocycles. The van der Waals surface area contributed by atoms with Crippen LogP contribution in [-0.4, -0.2) is 32.1 Å². The highest BCUT2D eigenvalue weighted by molar-refractivity contribution is 5.97. The van der Waals surface area contributed by atoms with Crippen molar-refractivity contribution in [1.82, 2.24) is 5.32 Å². The molecule has 2 rings (SSSR count). The van der Waals surface area contributed by atoms with Gasteiger partial charge in [0.15, 0.2) is 0 Å². The van der Waals surface area contributed by atoms with Crippen LogP contribution in [0.1, 0.15) is 36.0 Å². The number of hydrogen-bond acceptors (Lipinski definition) is 3. The Morgan fingerprint density at radius 1 is 1.33 bits per heavy atom. The zero-order chi connectivity index (χ0) is 15.1. The van der Waals surface area contributed by atoms with Gasteiger partial charge in [-0.05, 0) is 37.5 Å². The first kappa shape index (κ1) is 15.5. The van der Waals surface area contributed by atoms with Gasteiger partial charge in [0.2, 0.25) is 5.91 Å². The second-order valence-corrected chi connectivity index (χ2v) is 5.30. The summed E-state index contributed by atoms with van der Waals surface area (Å²) in [6.07, 6.45) is 3.83. The third-order valence-corrected chi connectivity index (χ3v) is 3.68. The predicted octanol–water partition coefficient (Wildman–Crippen LogP) is 2.19. The standard InChI is InChI=1S/C16H22N2O3/c1-21-10-4-9-17-15(19)13-7-3-8-14(11-13)18-16(20)12-5-2-6-12/h3,7-8,11-12H,2,4-6,9-10H2,1H3,(H,17,19)(H,18,20). The molecule has 0 spiro atoms. The van der Waals surface area contributed by atoms with Crippen molar-refractivity contribution in [2.24, 2.45) is 5.92 Å². The number of carbonyl (C=O) groups excluding carboxylic acids is 2. The van der Waals surface area contributed by atoms with Crippen LogP contribution in [0, 0.1) is 5.92 Å². The third-order valence-electron chi connectivity index (χ3n) is 3.68. The minimum absolute atomic E-state index is 0.0545. The Hall–Kier alpha value is -1.88. The minimum Gasteiger partial charge on any atom is -0.385 e. The molecule has 5 nitrogen and oxygen atoms in total. The van der Waals surface area contributed by atoms with Crippen molar-refractivity contribution in [3.8, 4) is 0 Å². The fourth-order valence-electron chi connectivity index (χ4n) is 2.17. The van der Waals surface area contributed by atoms with E-state index >= 15 is 0 Å². The number of nitrogens with one attached hydrogen (secondary N) is 2. The quantitative estimate of drug-likeness (QED) is 0.756. The normalized spacial score (nSPS) is 14.3. The number of carbonyl (C=O) groups is 2. The second-order valence-electron chi connectivity index (χ2n) is 5.30. The number of anilines is 1. The number of methoxy groups -OCH3 is 1. The molecule has 0 atom stereocenters. The summed E-state index contributed by atoms with van der Waals surface area (Å²) < 4.78 is 4.93. The highest BCUT2D eigenvalue weighted by atomic mass is 16.5. The first-order valence-electron chi connectivity index (χ1n) is 7.39. The van der Waals surface area contributed by atoms with E-state index < -0.39 is 0 Å². The highest BCUT2D eigenvalue weighted by Crippen LogP contribution is 2.27. The van der Waals surface area contributed by atoms with Crippen molar-refractivity contribution >= 4 is 17.5 Å². The van der Waals surface area contributed by atoms with E-state index in [1.807, 2.05) is 0 Å². The van der Waals surface area contributed by atoms with Crippen molar-refractivity contribution in [2.75, 3.05) is 25.6 Å². The molecular weight excluding hydrogens is 268 g/mol. The lowest BCUT2D eigenvalue weighted by Gasteiger charge is -2.24. The Morgan fingerprint density at radius 2 is 2.14 bits per heavy atom. The predicted molar refractivity (Wildman–Crippen MR) is 81.2 cm³/mol. The summed E-state index contributed by atoms with van der Waals surface area (Å²) in [5.41, 5.74) is 1.23. The van der Waals surface area contributed by atoms with Gasteiger partial charge in [-0.25, -0.2) is 0 Å². The molecule has 0 unspecified atom stereocenters. The van der Waals surface area contributed by atoms with Crippen LogP contribution in [0.2, 0.25) is 0 Å². The summed E-state index contributed by atoms with van der Waals surface area (Å²) in [4.78, 5) is 23.9. The molecule has 1 aliphatic carbocycles. The maximum atomic E-state index is 12.0. The lowest BCUT2D eigenvalue weighted by atomic mass is 9.85. The van der Waals surface area contributed by atoms with Crippen molar-refractivity contribution in [2.45, 2.75) is 25.7 Å². The molecule has 2 N–H and O–H groups in total. The van der Waals surface area contributed by atoms with E-state index in [4.69, 9.17) is 4.74 Å². The fraction of sp³-hybridized carbons (Fsp3) is 0.500. The van der Waals surface area contributed by atoms with Gasteiger partial charge in [0.25, 0.3) is 5.91 Å². The molecule has 1 aromatic carbocycles. The van der Waals surface area contributed by atoms with E-state index in [-0.39, 0.29) is 17.7 Å². The summed E-state index contributed by atoms with van der Waals surface area (Å²) in [6, 6.07) is 7.03. The van der Waals surface area contributed by atoms with Crippen LogP contribution in [0.3, 0.4) is 0 Å². The van der Waals surface area contributed by atoms with Gasteiger partial charge in [-0.1, -0.05) is 12.5 Å². The Bertz CT molecular complexity index is 498. The van der Waals surface area contributed by atoms with Crippen molar-refractivity contribution in [1.29, 1.82) is 0 Å². The Kier molecular flexibility index (Phi) is 5.75. The number of amides is 2. The van der Waals surface area contributed by atoms with Gasteiger partial charge in [0, 0.05) is 37.4 Å². The maximum absolute atomic E-state index is 12.0. The largest absolute Gasteiger partial charge is 0.385 e. The molecule has 0 radical (unpaired) electrons. The summed E-state index contributed by atoms with van der Waals surface area (Å²) in [5.74, 6) is 0.0567.